The lowest BCUT2D eigenvalue weighted by Gasteiger charge is -2.15. The van der Waals surface area contributed by atoms with E-state index in [2.05, 4.69) is 50.8 Å². The second-order valence-corrected chi connectivity index (χ2v) is 9.09. The van der Waals surface area contributed by atoms with Gasteiger partial charge in [-0.3, -0.25) is 0 Å². The highest BCUT2D eigenvalue weighted by Crippen LogP contribution is 2.02. The third-order valence-corrected chi connectivity index (χ3v) is 3.88. The van der Waals surface area contributed by atoms with Crippen molar-refractivity contribution in [2.24, 2.45) is 0 Å². The largest absolute Gasteiger partial charge is 0.0776 e. The molecule has 0 amide bonds. The fourth-order valence-corrected chi connectivity index (χ4v) is 2.06. The van der Waals surface area contributed by atoms with Gasteiger partial charge in [-0.1, -0.05) is 43.0 Å². The molecule has 0 heterocycles. The molecule has 0 unspecified atom stereocenters. The molecule has 0 atom stereocenters. The minimum atomic E-state index is -1.09. The van der Waals surface area contributed by atoms with E-state index in [0.29, 0.717) is 0 Å². The average Bonchev–Trinajstić information content (AvgIpc) is 1.86. The monoisotopic (exact) mass is 163 g/mol. The van der Waals surface area contributed by atoms with E-state index in [1.807, 2.05) is 0 Å². The van der Waals surface area contributed by atoms with Gasteiger partial charge in [0.25, 0.3) is 0 Å². The molecule has 11 heavy (non-hydrogen) atoms. The first-order valence-electron chi connectivity index (χ1n) is 3.99. The van der Waals surface area contributed by atoms with Gasteiger partial charge in [-0.25, -0.2) is 0 Å². The highest BCUT2D eigenvalue weighted by molar-refractivity contribution is 6.88. The van der Waals surface area contributed by atoms with Crippen molar-refractivity contribution < 1.29 is 0 Å². The fraction of sp³-hybridized carbons (Fsp3) is 0.400. The van der Waals surface area contributed by atoms with E-state index in [-0.39, 0.29) is 0 Å². The molecular formula is C10H15Si. The van der Waals surface area contributed by atoms with Crippen molar-refractivity contribution in [3.05, 3.63) is 29.8 Å². The molecule has 0 aliphatic carbocycles. The molecule has 0 spiro atoms. The van der Waals surface area contributed by atoms with Gasteiger partial charge in [-0.15, -0.1) is 0 Å². The van der Waals surface area contributed by atoms with E-state index in [9.17, 15) is 0 Å². The predicted octanol–water partition coefficient (Wildman–Crippen LogP) is 2.34. The van der Waals surface area contributed by atoms with Crippen molar-refractivity contribution >= 4 is 13.3 Å². The Hall–Kier alpha value is -0.563. The summed E-state index contributed by atoms with van der Waals surface area (Å²) in [4.78, 5) is 0. The van der Waals surface area contributed by atoms with Gasteiger partial charge < -0.3 is 0 Å². The minimum absolute atomic E-state index is 1.09. The molecule has 1 radical (unpaired) electrons. The molecule has 0 N–H and O–H groups in total. The van der Waals surface area contributed by atoms with Crippen LogP contribution in [0.2, 0.25) is 19.6 Å². The maximum absolute atomic E-state index is 3.24. The van der Waals surface area contributed by atoms with E-state index in [1.165, 1.54) is 10.8 Å². The Balaban J connectivity index is 2.99. The number of benzene rings is 1. The van der Waals surface area contributed by atoms with Crippen LogP contribution in [0.3, 0.4) is 0 Å². The summed E-state index contributed by atoms with van der Waals surface area (Å²) in [6, 6.07) is 9.76. The maximum atomic E-state index is 3.24. The van der Waals surface area contributed by atoms with Crippen LogP contribution >= 0.6 is 0 Å². The summed E-state index contributed by atoms with van der Waals surface area (Å²) in [6.07, 6.45) is 0. The topological polar surface area (TPSA) is 0 Å². The predicted molar refractivity (Wildman–Crippen MR) is 53.0 cm³/mol. The summed E-state index contributed by atoms with van der Waals surface area (Å²) in [5.41, 5.74) is 1.23. The standard InChI is InChI=1S/C10H15Si/c1-9-5-7-10(8-6-9)11(2,3)4/h5,7-8H,1-4H3. The zero-order valence-electron chi connectivity index (χ0n) is 7.73. The summed E-state index contributed by atoms with van der Waals surface area (Å²) in [5, 5.41) is 1.49. The molecule has 0 aromatic heterocycles. The number of hydrogen-bond acceptors (Lipinski definition) is 0. The second-order valence-electron chi connectivity index (χ2n) is 4.01. The fourth-order valence-electron chi connectivity index (χ4n) is 0.969. The Morgan fingerprint density at radius 1 is 1.18 bits per heavy atom. The van der Waals surface area contributed by atoms with Gasteiger partial charge in [0.2, 0.25) is 0 Å². The van der Waals surface area contributed by atoms with Gasteiger partial charge in [-0.2, -0.15) is 0 Å². The lowest BCUT2D eigenvalue weighted by atomic mass is 10.2. The molecule has 0 nitrogen and oxygen atoms in total. The molecule has 1 heteroatoms. The maximum Gasteiger partial charge on any atom is 0.0776 e. The van der Waals surface area contributed by atoms with Gasteiger partial charge in [0.05, 0.1) is 8.07 Å². The first kappa shape index (κ1) is 8.53. The van der Waals surface area contributed by atoms with E-state index in [1.54, 1.807) is 0 Å². The highest BCUT2D eigenvalue weighted by atomic mass is 28.3. The smallest absolute Gasteiger partial charge is 0.0656 e. The normalized spacial score (nSPS) is 11.6. The quantitative estimate of drug-likeness (QED) is 0.557. The molecule has 0 aliphatic heterocycles. The Labute approximate surface area is 70.3 Å². The van der Waals surface area contributed by atoms with Crippen molar-refractivity contribution in [2.75, 3.05) is 0 Å². The van der Waals surface area contributed by atoms with Gasteiger partial charge in [-0.05, 0) is 18.6 Å². The van der Waals surface area contributed by atoms with Crippen LogP contribution in [0.15, 0.2) is 18.2 Å². The lowest BCUT2D eigenvalue weighted by molar-refractivity contribution is 1.47. The lowest BCUT2D eigenvalue weighted by Crippen LogP contribution is -2.37. The Morgan fingerprint density at radius 3 is 2.18 bits per heavy atom. The van der Waals surface area contributed by atoms with Crippen LogP contribution in [0.25, 0.3) is 0 Å². The van der Waals surface area contributed by atoms with Gasteiger partial charge in [0.15, 0.2) is 0 Å². The molecule has 1 aromatic rings. The van der Waals surface area contributed by atoms with Crippen LogP contribution in [0.1, 0.15) is 5.56 Å². The third-order valence-electron chi connectivity index (χ3n) is 1.83. The molecule has 0 bridgehead atoms. The molecule has 0 aliphatic rings. The van der Waals surface area contributed by atoms with Crippen molar-refractivity contribution in [1.29, 1.82) is 0 Å². The van der Waals surface area contributed by atoms with E-state index in [0.717, 1.165) is 0 Å². The van der Waals surface area contributed by atoms with Crippen molar-refractivity contribution in [3.8, 4) is 0 Å². The van der Waals surface area contributed by atoms with E-state index in [4.69, 9.17) is 0 Å². The summed E-state index contributed by atoms with van der Waals surface area (Å²) >= 11 is 0. The zero-order chi connectivity index (χ0) is 8.48. The molecule has 0 saturated heterocycles. The van der Waals surface area contributed by atoms with Crippen LogP contribution < -0.4 is 5.19 Å². The highest BCUT2D eigenvalue weighted by Gasteiger charge is 2.14. The third kappa shape index (κ3) is 2.19. The SMILES string of the molecule is Cc1[c]cc([Si](C)(C)C)cc1. The van der Waals surface area contributed by atoms with Gasteiger partial charge >= 0.3 is 0 Å². The zero-order valence-corrected chi connectivity index (χ0v) is 8.73. The van der Waals surface area contributed by atoms with Gasteiger partial charge in [0, 0.05) is 0 Å². The summed E-state index contributed by atoms with van der Waals surface area (Å²) < 4.78 is 0. The molecule has 1 rings (SSSR count). The molecule has 0 fully saturated rings. The number of aryl methyl sites for hydroxylation is 1. The Morgan fingerprint density at radius 2 is 1.82 bits per heavy atom. The second kappa shape index (κ2) is 2.82. The van der Waals surface area contributed by atoms with E-state index < -0.39 is 8.07 Å². The first-order chi connectivity index (χ1) is 5.00. The van der Waals surface area contributed by atoms with Crippen molar-refractivity contribution in [3.63, 3.8) is 0 Å². The minimum Gasteiger partial charge on any atom is -0.0656 e. The molecular weight excluding hydrogens is 148 g/mol. The number of hydrogen-bond donors (Lipinski definition) is 0. The molecule has 0 saturated carbocycles. The van der Waals surface area contributed by atoms with Crippen molar-refractivity contribution in [2.45, 2.75) is 26.6 Å². The van der Waals surface area contributed by atoms with Crippen LogP contribution in [-0.4, -0.2) is 8.07 Å². The van der Waals surface area contributed by atoms with Crippen LogP contribution in [-0.2, 0) is 0 Å². The molecule has 59 valence electrons. The summed E-state index contributed by atoms with van der Waals surface area (Å²) in [6.45, 7) is 9.14. The first-order valence-corrected chi connectivity index (χ1v) is 7.49. The van der Waals surface area contributed by atoms with E-state index >= 15 is 0 Å². The van der Waals surface area contributed by atoms with Crippen LogP contribution in [0, 0.1) is 13.0 Å². The Bertz CT molecular complexity index is 228. The average molecular weight is 163 g/mol. The Kier molecular flexibility index (Phi) is 2.19. The van der Waals surface area contributed by atoms with Crippen LogP contribution in [0.5, 0.6) is 0 Å². The van der Waals surface area contributed by atoms with Crippen LogP contribution in [0.4, 0.5) is 0 Å². The molecule has 1 aromatic carbocycles. The number of rotatable bonds is 1. The summed E-state index contributed by atoms with van der Waals surface area (Å²) in [7, 11) is -1.09. The van der Waals surface area contributed by atoms with Gasteiger partial charge in [0.1, 0.15) is 0 Å². The van der Waals surface area contributed by atoms with Crippen molar-refractivity contribution in [1.82, 2.24) is 0 Å². The summed E-state index contributed by atoms with van der Waals surface area (Å²) in [5.74, 6) is 0.